The molecule has 0 saturated heterocycles. The Morgan fingerprint density at radius 3 is 2.71 bits per heavy atom. The van der Waals surface area contributed by atoms with Gasteiger partial charge in [0.05, 0.1) is 25.8 Å². The van der Waals surface area contributed by atoms with E-state index in [1.807, 2.05) is 24.3 Å². The number of ether oxygens (including phenoxy) is 2. The van der Waals surface area contributed by atoms with Gasteiger partial charge in [-0.2, -0.15) is 0 Å². The number of carbonyl (C=O) groups is 1. The number of nitrogens with zero attached hydrogens (tertiary/aromatic N) is 1. The lowest BCUT2D eigenvalue weighted by atomic mass is 9.95. The minimum Gasteiger partial charge on any atom is -0.490 e. The van der Waals surface area contributed by atoms with Crippen LogP contribution in [0.1, 0.15) is 37.4 Å². The van der Waals surface area contributed by atoms with Crippen LogP contribution in [0.2, 0.25) is 0 Å². The molecule has 5 nitrogen and oxygen atoms in total. The number of hydrogen-bond acceptors (Lipinski definition) is 4. The van der Waals surface area contributed by atoms with Gasteiger partial charge in [0.1, 0.15) is 0 Å². The number of fused-ring (bicyclic) bond motifs is 2. The number of benzene rings is 2. The molecule has 0 unspecified atom stereocenters. The number of para-hydroxylation sites is 1. The molecule has 2 aromatic carbocycles. The molecule has 0 bridgehead atoms. The van der Waals surface area contributed by atoms with Crippen LogP contribution >= 0.6 is 0 Å². The third-order valence-electron chi connectivity index (χ3n) is 5.43. The second-order valence-corrected chi connectivity index (χ2v) is 7.85. The van der Waals surface area contributed by atoms with Crippen LogP contribution in [0.3, 0.4) is 0 Å². The fourth-order valence-corrected chi connectivity index (χ4v) is 3.97. The largest absolute Gasteiger partial charge is 0.490 e. The van der Waals surface area contributed by atoms with Crippen molar-refractivity contribution in [2.24, 2.45) is 5.92 Å². The van der Waals surface area contributed by atoms with Crippen LogP contribution in [-0.4, -0.2) is 32.2 Å². The van der Waals surface area contributed by atoms with E-state index in [1.165, 1.54) is 11.3 Å². The first kappa shape index (κ1) is 18.7. The SMILES string of the molecule is CC(C)[C@H](NC(=O)CN1CCc2ccccc21)c1ccc2c(c1)OCCCO2. The van der Waals surface area contributed by atoms with Gasteiger partial charge in [0.2, 0.25) is 5.91 Å². The molecule has 4 rings (SSSR count). The van der Waals surface area contributed by atoms with E-state index >= 15 is 0 Å². The fourth-order valence-electron chi connectivity index (χ4n) is 3.97. The van der Waals surface area contributed by atoms with Crippen molar-refractivity contribution in [3.63, 3.8) is 0 Å². The van der Waals surface area contributed by atoms with Crippen molar-refractivity contribution in [3.05, 3.63) is 53.6 Å². The van der Waals surface area contributed by atoms with Gasteiger partial charge in [-0.05, 0) is 41.7 Å². The first-order valence-corrected chi connectivity index (χ1v) is 10.1. The molecule has 1 atom stereocenters. The lowest BCUT2D eigenvalue weighted by Gasteiger charge is -2.26. The van der Waals surface area contributed by atoms with Crippen LogP contribution in [-0.2, 0) is 11.2 Å². The molecule has 1 amide bonds. The maximum Gasteiger partial charge on any atom is 0.240 e. The standard InChI is InChI=1S/C23H28N2O3/c1-16(2)23(18-8-9-20-21(14-18)28-13-5-12-27-20)24-22(26)15-25-11-10-17-6-3-4-7-19(17)25/h3-4,6-9,14,16,23H,5,10-13,15H2,1-2H3,(H,24,26)/t23-/m0/s1. The summed E-state index contributed by atoms with van der Waals surface area (Å²) in [4.78, 5) is 15.0. The molecule has 2 aliphatic heterocycles. The van der Waals surface area contributed by atoms with E-state index in [-0.39, 0.29) is 17.9 Å². The van der Waals surface area contributed by atoms with Crippen LogP contribution < -0.4 is 19.7 Å². The third kappa shape index (κ3) is 3.93. The molecular weight excluding hydrogens is 352 g/mol. The summed E-state index contributed by atoms with van der Waals surface area (Å²) in [5.41, 5.74) is 3.54. The van der Waals surface area contributed by atoms with Crippen molar-refractivity contribution in [2.45, 2.75) is 32.7 Å². The lowest BCUT2D eigenvalue weighted by molar-refractivity contribution is -0.120. The maximum atomic E-state index is 12.8. The van der Waals surface area contributed by atoms with Gasteiger partial charge in [0.25, 0.3) is 0 Å². The molecule has 148 valence electrons. The molecule has 2 aromatic rings. The Balaban J connectivity index is 1.47. The summed E-state index contributed by atoms with van der Waals surface area (Å²) < 4.78 is 11.6. The van der Waals surface area contributed by atoms with E-state index in [4.69, 9.17) is 9.47 Å². The number of anilines is 1. The third-order valence-corrected chi connectivity index (χ3v) is 5.43. The van der Waals surface area contributed by atoms with Crippen molar-refractivity contribution in [3.8, 4) is 11.5 Å². The second kappa shape index (κ2) is 8.13. The number of rotatable bonds is 5. The van der Waals surface area contributed by atoms with E-state index in [0.717, 1.165) is 36.4 Å². The average Bonchev–Trinajstić information content (AvgIpc) is 2.94. The Bertz CT molecular complexity index is 849. The molecule has 1 N–H and O–H groups in total. The molecule has 0 aliphatic carbocycles. The second-order valence-electron chi connectivity index (χ2n) is 7.85. The predicted molar refractivity (Wildman–Crippen MR) is 110 cm³/mol. The first-order valence-electron chi connectivity index (χ1n) is 10.1. The van der Waals surface area contributed by atoms with E-state index in [0.29, 0.717) is 19.8 Å². The summed E-state index contributed by atoms with van der Waals surface area (Å²) in [7, 11) is 0. The quantitative estimate of drug-likeness (QED) is 0.859. The van der Waals surface area contributed by atoms with Gasteiger partial charge in [0, 0.05) is 18.7 Å². The van der Waals surface area contributed by atoms with E-state index in [9.17, 15) is 4.79 Å². The van der Waals surface area contributed by atoms with Gasteiger partial charge < -0.3 is 19.7 Å². The van der Waals surface area contributed by atoms with Crippen molar-refractivity contribution >= 4 is 11.6 Å². The number of hydrogen-bond donors (Lipinski definition) is 1. The zero-order valence-electron chi connectivity index (χ0n) is 16.6. The minimum absolute atomic E-state index is 0.0440. The summed E-state index contributed by atoms with van der Waals surface area (Å²) in [6, 6.07) is 14.3. The summed E-state index contributed by atoms with van der Waals surface area (Å²) in [6.07, 6.45) is 1.88. The van der Waals surface area contributed by atoms with Gasteiger partial charge in [-0.15, -0.1) is 0 Å². The van der Waals surface area contributed by atoms with Crippen molar-refractivity contribution in [2.75, 3.05) is 31.2 Å². The van der Waals surface area contributed by atoms with Crippen LogP contribution in [0.5, 0.6) is 11.5 Å². The fraction of sp³-hybridized carbons (Fsp3) is 0.435. The number of carbonyl (C=O) groups excluding carboxylic acids is 1. The molecule has 0 saturated carbocycles. The summed E-state index contributed by atoms with van der Waals surface area (Å²) in [6.45, 7) is 6.85. The van der Waals surface area contributed by atoms with Crippen molar-refractivity contribution < 1.29 is 14.3 Å². The van der Waals surface area contributed by atoms with Crippen LogP contribution in [0.4, 0.5) is 5.69 Å². The molecule has 2 heterocycles. The first-order chi connectivity index (χ1) is 13.6. The van der Waals surface area contributed by atoms with E-state index in [1.54, 1.807) is 0 Å². The Hall–Kier alpha value is -2.69. The van der Waals surface area contributed by atoms with Crippen LogP contribution in [0.25, 0.3) is 0 Å². The molecule has 0 aromatic heterocycles. The van der Waals surface area contributed by atoms with Gasteiger partial charge in [-0.25, -0.2) is 0 Å². The van der Waals surface area contributed by atoms with E-state index in [2.05, 4.69) is 42.3 Å². The summed E-state index contributed by atoms with van der Waals surface area (Å²) >= 11 is 0. The molecular formula is C23H28N2O3. The van der Waals surface area contributed by atoms with Crippen molar-refractivity contribution in [1.29, 1.82) is 0 Å². The zero-order chi connectivity index (χ0) is 19.5. The Kier molecular flexibility index (Phi) is 5.42. The Labute approximate surface area is 166 Å². The highest BCUT2D eigenvalue weighted by Crippen LogP contribution is 2.34. The smallest absolute Gasteiger partial charge is 0.240 e. The van der Waals surface area contributed by atoms with Gasteiger partial charge in [0.15, 0.2) is 11.5 Å². The average molecular weight is 380 g/mol. The summed E-state index contributed by atoms with van der Waals surface area (Å²) in [5, 5.41) is 3.24. The molecule has 5 heteroatoms. The monoisotopic (exact) mass is 380 g/mol. The minimum atomic E-state index is -0.0671. The van der Waals surface area contributed by atoms with Crippen molar-refractivity contribution in [1.82, 2.24) is 5.32 Å². The molecule has 28 heavy (non-hydrogen) atoms. The van der Waals surface area contributed by atoms with E-state index < -0.39 is 0 Å². The topological polar surface area (TPSA) is 50.8 Å². The molecule has 0 fully saturated rings. The van der Waals surface area contributed by atoms with Crippen LogP contribution in [0.15, 0.2) is 42.5 Å². The predicted octanol–water partition coefficient (Wildman–Crippen LogP) is 3.72. The lowest BCUT2D eigenvalue weighted by Crippen LogP contribution is -2.39. The number of nitrogens with one attached hydrogen (secondary N) is 1. The molecule has 0 radical (unpaired) electrons. The highest BCUT2D eigenvalue weighted by molar-refractivity contribution is 5.82. The highest BCUT2D eigenvalue weighted by atomic mass is 16.5. The summed E-state index contributed by atoms with van der Waals surface area (Å²) in [5.74, 6) is 1.86. The van der Waals surface area contributed by atoms with Gasteiger partial charge in [-0.3, -0.25) is 4.79 Å². The normalized spacial score (nSPS) is 16.5. The molecule has 0 spiro atoms. The maximum absolute atomic E-state index is 12.8. The zero-order valence-corrected chi connectivity index (χ0v) is 16.6. The highest BCUT2D eigenvalue weighted by Gasteiger charge is 2.24. The van der Waals surface area contributed by atoms with Crippen LogP contribution in [0, 0.1) is 5.92 Å². The van der Waals surface area contributed by atoms with Gasteiger partial charge >= 0.3 is 0 Å². The Morgan fingerprint density at radius 2 is 1.89 bits per heavy atom. The number of amides is 1. The Morgan fingerprint density at radius 1 is 1.11 bits per heavy atom. The molecule has 2 aliphatic rings. The van der Waals surface area contributed by atoms with Gasteiger partial charge in [-0.1, -0.05) is 38.1 Å².